The van der Waals surface area contributed by atoms with E-state index in [9.17, 15) is 10.1 Å². The first kappa shape index (κ1) is 11.7. The molecule has 4 heteroatoms. The highest BCUT2D eigenvalue weighted by molar-refractivity contribution is 5.44. The molecule has 0 N–H and O–H groups in total. The van der Waals surface area contributed by atoms with Gasteiger partial charge in [0.15, 0.2) is 0 Å². The number of nitro benzene ring substituents is 1. The van der Waals surface area contributed by atoms with Crippen molar-refractivity contribution in [3.63, 3.8) is 0 Å². The first-order chi connectivity index (χ1) is 7.06. The number of nitrogens with zero attached hydrogens (tertiary/aromatic N) is 1. The van der Waals surface area contributed by atoms with Crippen LogP contribution in [0.5, 0.6) is 0 Å². The molecule has 15 heavy (non-hydrogen) atoms. The Morgan fingerprint density at radius 3 is 2.73 bits per heavy atom. The highest BCUT2D eigenvalue weighted by atomic mass is 16.6. The quantitative estimate of drug-likeness (QED) is 0.565. The van der Waals surface area contributed by atoms with Gasteiger partial charge in [0.05, 0.1) is 16.6 Å². The van der Waals surface area contributed by atoms with Crippen molar-refractivity contribution in [2.24, 2.45) is 0 Å². The third-order valence-electron chi connectivity index (χ3n) is 2.24. The maximum atomic E-state index is 10.8. The Bertz CT molecular complexity index is 363. The smallest absolute Gasteiger partial charge is 0.275 e. The fourth-order valence-electron chi connectivity index (χ4n) is 1.50. The molecule has 0 heterocycles. The van der Waals surface area contributed by atoms with Gasteiger partial charge in [-0.25, -0.2) is 0 Å². The molecular weight excluding hydrogens is 194 g/mol. The molecule has 1 unspecified atom stereocenters. The molecule has 0 radical (unpaired) electrons. The number of hydrogen-bond acceptors (Lipinski definition) is 3. The highest BCUT2D eigenvalue weighted by Crippen LogP contribution is 2.28. The molecule has 1 aromatic rings. The third kappa shape index (κ3) is 2.76. The fourth-order valence-corrected chi connectivity index (χ4v) is 1.50. The Balaban J connectivity index is 3.10. The second-order valence-corrected chi connectivity index (χ2v) is 3.42. The van der Waals surface area contributed by atoms with Crippen LogP contribution in [-0.2, 0) is 4.74 Å². The lowest BCUT2D eigenvalue weighted by molar-refractivity contribution is -0.386. The Morgan fingerprint density at radius 1 is 1.53 bits per heavy atom. The van der Waals surface area contributed by atoms with E-state index in [-0.39, 0.29) is 16.7 Å². The van der Waals surface area contributed by atoms with Crippen molar-refractivity contribution in [1.29, 1.82) is 0 Å². The lowest BCUT2D eigenvalue weighted by Crippen LogP contribution is -2.03. The summed E-state index contributed by atoms with van der Waals surface area (Å²) in [5.74, 6) is 0. The minimum Gasteiger partial charge on any atom is -0.374 e. The molecule has 0 spiro atoms. The van der Waals surface area contributed by atoms with E-state index in [0.717, 1.165) is 5.56 Å². The molecule has 4 nitrogen and oxygen atoms in total. The predicted molar refractivity (Wildman–Crippen MR) is 57.9 cm³/mol. The zero-order valence-electron chi connectivity index (χ0n) is 9.19. The monoisotopic (exact) mass is 209 g/mol. The van der Waals surface area contributed by atoms with Gasteiger partial charge < -0.3 is 4.74 Å². The van der Waals surface area contributed by atoms with Gasteiger partial charge in [-0.3, -0.25) is 10.1 Å². The van der Waals surface area contributed by atoms with Gasteiger partial charge in [0.2, 0.25) is 0 Å². The van der Waals surface area contributed by atoms with Crippen LogP contribution >= 0.6 is 0 Å². The molecule has 0 aliphatic heterocycles. The Morgan fingerprint density at radius 2 is 2.20 bits per heavy atom. The largest absolute Gasteiger partial charge is 0.374 e. The Labute approximate surface area is 89.0 Å². The van der Waals surface area contributed by atoms with Gasteiger partial charge >= 0.3 is 0 Å². The van der Waals surface area contributed by atoms with E-state index < -0.39 is 0 Å². The fraction of sp³-hybridized carbons (Fsp3) is 0.455. The topological polar surface area (TPSA) is 52.4 Å². The van der Waals surface area contributed by atoms with Crippen LogP contribution in [0.4, 0.5) is 5.69 Å². The lowest BCUT2D eigenvalue weighted by Gasteiger charge is -2.12. The van der Waals surface area contributed by atoms with E-state index in [0.29, 0.717) is 12.2 Å². The van der Waals surface area contributed by atoms with Crippen molar-refractivity contribution >= 4 is 5.69 Å². The van der Waals surface area contributed by atoms with Crippen LogP contribution in [0.3, 0.4) is 0 Å². The summed E-state index contributed by atoms with van der Waals surface area (Å²) in [6, 6.07) is 5.19. The van der Waals surface area contributed by atoms with Crippen LogP contribution in [0.25, 0.3) is 0 Å². The lowest BCUT2D eigenvalue weighted by atomic mass is 10.1. The molecule has 0 amide bonds. The van der Waals surface area contributed by atoms with E-state index in [1.54, 1.807) is 12.1 Å². The Hall–Kier alpha value is -1.42. The van der Waals surface area contributed by atoms with Gasteiger partial charge in [0.1, 0.15) is 0 Å². The zero-order chi connectivity index (χ0) is 11.4. The molecule has 0 aliphatic rings. The van der Waals surface area contributed by atoms with Gasteiger partial charge in [0.25, 0.3) is 5.69 Å². The summed E-state index contributed by atoms with van der Waals surface area (Å²) in [5, 5.41) is 10.8. The van der Waals surface area contributed by atoms with Crippen molar-refractivity contribution in [2.75, 3.05) is 6.61 Å². The molecule has 0 fully saturated rings. The van der Waals surface area contributed by atoms with Crippen molar-refractivity contribution in [1.82, 2.24) is 0 Å². The number of ether oxygens (including phenoxy) is 1. The molecule has 0 aromatic heterocycles. The third-order valence-corrected chi connectivity index (χ3v) is 2.24. The molecule has 82 valence electrons. The van der Waals surface area contributed by atoms with E-state index in [4.69, 9.17) is 4.74 Å². The zero-order valence-corrected chi connectivity index (χ0v) is 9.19. The van der Waals surface area contributed by atoms with E-state index >= 15 is 0 Å². The number of benzene rings is 1. The van der Waals surface area contributed by atoms with Crippen LogP contribution in [0.2, 0.25) is 0 Å². The summed E-state index contributed by atoms with van der Waals surface area (Å²) >= 11 is 0. The predicted octanol–water partition coefficient (Wildman–Crippen LogP) is 3.00. The summed E-state index contributed by atoms with van der Waals surface area (Å²) in [6.07, 6.45) is -0.240. The number of aryl methyl sites for hydroxylation is 1. The molecule has 0 saturated heterocycles. The first-order valence-electron chi connectivity index (χ1n) is 4.92. The van der Waals surface area contributed by atoms with E-state index in [2.05, 4.69) is 0 Å². The maximum Gasteiger partial charge on any atom is 0.275 e. The van der Waals surface area contributed by atoms with Crippen molar-refractivity contribution < 1.29 is 9.66 Å². The number of hydrogen-bond donors (Lipinski definition) is 0. The Kier molecular flexibility index (Phi) is 3.80. The molecule has 1 atom stereocenters. The van der Waals surface area contributed by atoms with Crippen molar-refractivity contribution in [2.45, 2.75) is 26.9 Å². The molecule has 0 aliphatic carbocycles. The summed E-state index contributed by atoms with van der Waals surface area (Å²) in [4.78, 5) is 10.5. The maximum absolute atomic E-state index is 10.8. The standard InChI is InChI=1S/C11H15NO3/c1-4-15-9(3)10-6-5-8(2)7-11(10)12(13)14/h5-7,9H,4H2,1-3H3. The van der Waals surface area contributed by atoms with Crippen LogP contribution < -0.4 is 0 Å². The van der Waals surface area contributed by atoms with Crippen molar-refractivity contribution in [3.05, 3.63) is 39.4 Å². The van der Waals surface area contributed by atoms with Gasteiger partial charge in [-0.15, -0.1) is 0 Å². The van der Waals surface area contributed by atoms with E-state index in [1.807, 2.05) is 26.8 Å². The van der Waals surface area contributed by atoms with Crippen LogP contribution in [0.1, 0.15) is 31.1 Å². The molecule has 1 rings (SSSR count). The highest BCUT2D eigenvalue weighted by Gasteiger charge is 2.18. The second-order valence-electron chi connectivity index (χ2n) is 3.42. The average Bonchev–Trinajstić information content (AvgIpc) is 2.17. The van der Waals surface area contributed by atoms with Gasteiger partial charge in [-0.2, -0.15) is 0 Å². The molecule has 1 aromatic carbocycles. The molecule has 0 bridgehead atoms. The van der Waals surface area contributed by atoms with Crippen LogP contribution in [-0.4, -0.2) is 11.5 Å². The van der Waals surface area contributed by atoms with Crippen molar-refractivity contribution in [3.8, 4) is 0 Å². The molecular formula is C11H15NO3. The normalized spacial score (nSPS) is 12.5. The summed E-state index contributed by atoms with van der Waals surface area (Å²) < 4.78 is 5.35. The van der Waals surface area contributed by atoms with Crippen LogP contribution in [0, 0.1) is 17.0 Å². The van der Waals surface area contributed by atoms with E-state index in [1.165, 1.54) is 0 Å². The van der Waals surface area contributed by atoms with Gasteiger partial charge in [-0.1, -0.05) is 6.07 Å². The molecule has 0 saturated carbocycles. The summed E-state index contributed by atoms with van der Waals surface area (Å²) in [7, 11) is 0. The average molecular weight is 209 g/mol. The van der Waals surface area contributed by atoms with Gasteiger partial charge in [-0.05, 0) is 32.4 Å². The summed E-state index contributed by atoms with van der Waals surface area (Å²) in [6.45, 7) is 6.08. The number of nitro groups is 1. The SMILES string of the molecule is CCOC(C)c1ccc(C)cc1[N+](=O)[O-]. The minimum absolute atomic E-state index is 0.135. The van der Waals surface area contributed by atoms with Gasteiger partial charge in [0, 0.05) is 12.7 Å². The summed E-state index contributed by atoms with van der Waals surface area (Å²) in [5.41, 5.74) is 1.65. The first-order valence-corrected chi connectivity index (χ1v) is 4.92. The second kappa shape index (κ2) is 4.89. The minimum atomic E-state index is -0.363. The number of rotatable bonds is 4. The van der Waals surface area contributed by atoms with Crippen LogP contribution in [0.15, 0.2) is 18.2 Å².